The SMILES string of the molecule is C=C1CN2CCOC1C2. The maximum Gasteiger partial charge on any atom is 0.0922 e. The van der Waals surface area contributed by atoms with Gasteiger partial charge in [0.05, 0.1) is 12.7 Å². The van der Waals surface area contributed by atoms with Gasteiger partial charge >= 0.3 is 0 Å². The summed E-state index contributed by atoms with van der Waals surface area (Å²) in [5, 5.41) is 0. The largest absolute Gasteiger partial charge is 0.371 e. The lowest BCUT2D eigenvalue weighted by Crippen LogP contribution is -2.33. The molecule has 0 amide bonds. The van der Waals surface area contributed by atoms with E-state index in [9.17, 15) is 0 Å². The maximum atomic E-state index is 5.44. The molecule has 2 heteroatoms. The number of fused-ring (bicyclic) bond motifs is 2. The zero-order valence-electron chi connectivity index (χ0n) is 5.47. The fraction of sp³-hybridized carbons (Fsp3) is 0.714. The van der Waals surface area contributed by atoms with E-state index in [1.54, 1.807) is 0 Å². The van der Waals surface area contributed by atoms with Gasteiger partial charge in [-0.1, -0.05) is 6.58 Å². The van der Waals surface area contributed by atoms with Crippen molar-refractivity contribution in [3.8, 4) is 0 Å². The molecule has 2 atom stereocenters. The molecular weight excluding hydrogens is 114 g/mol. The Kier molecular flexibility index (Phi) is 1.10. The summed E-state index contributed by atoms with van der Waals surface area (Å²) >= 11 is 0. The predicted octanol–water partition coefficient (Wildman–Crippen LogP) is 0.257. The topological polar surface area (TPSA) is 12.5 Å². The lowest BCUT2D eigenvalue weighted by atomic mass is 10.2. The Bertz CT molecular complexity index is 144. The summed E-state index contributed by atoms with van der Waals surface area (Å²) in [6, 6.07) is 0. The molecule has 0 N–H and O–H groups in total. The van der Waals surface area contributed by atoms with E-state index in [1.165, 1.54) is 5.57 Å². The van der Waals surface area contributed by atoms with Gasteiger partial charge in [-0.2, -0.15) is 0 Å². The van der Waals surface area contributed by atoms with E-state index in [0.717, 1.165) is 26.2 Å². The first-order valence-corrected chi connectivity index (χ1v) is 3.38. The Hall–Kier alpha value is -0.340. The first-order chi connectivity index (χ1) is 4.36. The highest BCUT2D eigenvalue weighted by Crippen LogP contribution is 2.20. The van der Waals surface area contributed by atoms with Gasteiger partial charge in [-0.15, -0.1) is 0 Å². The highest BCUT2D eigenvalue weighted by molar-refractivity contribution is 5.13. The second-order valence-corrected chi connectivity index (χ2v) is 2.75. The number of hydrogen-bond acceptors (Lipinski definition) is 2. The van der Waals surface area contributed by atoms with Crippen molar-refractivity contribution in [2.75, 3.05) is 26.2 Å². The maximum absolute atomic E-state index is 5.44. The summed E-state index contributed by atoms with van der Waals surface area (Å²) in [5.74, 6) is 0. The second kappa shape index (κ2) is 1.82. The van der Waals surface area contributed by atoms with Crippen LogP contribution in [0.5, 0.6) is 0 Å². The molecule has 2 fully saturated rings. The Labute approximate surface area is 55.1 Å². The van der Waals surface area contributed by atoms with Gasteiger partial charge in [-0.3, -0.25) is 4.90 Å². The van der Waals surface area contributed by atoms with Gasteiger partial charge in [0.2, 0.25) is 0 Å². The molecule has 2 saturated heterocycles. The molecule has 0 aliphatic carbocycles. The molecule has 2 nitrogen and oxygen atoms in total. The van der Waals surface area contributed by atoms with Crippen LogP contribution >= 0.6 is 0 Å². The standard InChI is InChI=1S/C7H11NO/c1-6-4-8-2-3-9-7(6)5-8/h7H,1-5H2. The zero-order chi connectivity index (χ0) is 6.27. The van der Waals surface area contributed by atoms with Gasteiger partial charge in [0.15, 0.2) is 0 Å². The Morgan fingerprint density at radius 2 is 2.56 bits per heavy atom. The van der Waals surface area contributed by atoms with Crippen LogP contribution in [0.3, 0.4) is 0 Å². The van der Waals surface area contributed by atoms with Gasteiger partial charge < -0.3 is 4.74 Å². The monoisotopic (exact) mass is 125 g/mol. The van der Waals surface area contributed by atoms with E-state index in [0.29, 0.717) is 6.10 Å². The van der Waals surface area contributed by atoms with E-state index >= 15 is 0 Å². The fourth-order valence-electron chi connectivity index (χ4n) is 1.48. The molecular formula is C7H11NO. The van der Waals surface area contributed by atoms with Crippen molar-refractivity contribution in [3.63, 3.8) is 0 Å². The molecule has 2 aliphatic heterocycles. The molecule has 0 radical (unpaired) electrons. The molecule has 2 aliphatic rings. The van der Waals surface area contributed by atoms with Gasteiger partial charge in [0.1, 0.15) is 0 Å². The van der Waals surface area contributed by atoms with Crippen LogP contribution in [-0.2, 0) is 4.74 Å². The number of nitrogens with zero attached hydrogens (tertiary/aromatic N) is 1. The minimum atomic E-state index is 0.360. The van der Waals surface area contributed by atoms with E-state index in [4.69, 9.17) is 4.74 Å². The van der Waals surface area contributed by atoms with Crippen LogP contribution in [0.4, 0.5) is 0 Å². The van der Waals surface area contributed by atoms with Crippen LogP contribution < -0.4 is 0 Å². The van der Waals surface area contributed by atoms with Crippen LogP contribution in [0.2, 0.25) is 0 Å². The minimum Gasteiger partial charge on any atom is -0.371 e. The predicted molar refractivity (Wildman–Crippen MR) is 35.3 cm³/mol. The quantitative estimate of drug-likeness (QED) is 0.430. The molecule has 0 saturated carbocycles. The first-order valence-electron chi connectivity index (χ1n) is 3.38. The lowest BCUT2D eigenvalue weighted by molar-refractivity contribution is 0.0288. The normalized spacial score (nSPS) is 41.6. The van der Waals surface area contributed by atoms with Crippen molar-refractivity contribution in [1.82, 2.24) is 4.90 Å². The van der Waals surface area contributed by atoms with Crippen molar-refractivity contribution in [2.24, 2.45) is 0 Å². The third-order valence-electron chi connectivity index (χ3n) is 2.03. The summed E-state index contributed by atoms with van der Waals surface area (Å²) in [5.41, 5.74) is 1.26. The van der Waals surface area contributed by atoms with Gasteiger partial charge in [-0.05, 0) is 5.57 Å². The van der Waals surface area contributed by atoms with Crippen LogP contribution in [-0.4, -0.2) is 37.2 Å². The molecule has 9 heavy (non-hydrogen) atoms. The minimum absolute atomic E-state index is 0.360. The van der Waals surface area contributed by atoms with E-state index in [1.807, 2.05) is 0 Å². The highest BCUT2D eigenvalue weighted by atomic mass is 16.5. The summed E-state index contributed by atoms with van der Waals surface area (Å²) in [4.78, 5) is 2.39. The molecule has 50 valence electrons. The molecule has 2 heterocycles. The highest BCUT2D eigenvalue weighted by Gasteiger charge is 2.29. The molecule has 0 aromatic heterocycles. The van der Waals surface area contributed by atoms with E-state index in [-0.39, 0.29) is 0 Å². The van der Waals surface area contributed by atoms with Crippen molar-refractivity contribution in [3.05, 3.63) is 12.2 Å². The Morgan fingerprint density at radius 3 is 3.22 bits per heavy atom. The smallest absolute Gasteiger partial charge is 0.0922 e. The molecule has 0 spiro atoms. The van der Waals surface area contributed by atoms with E-state index in [2.05, 4.69) is 11.5 Å². The summed E-state index contributed by atoms with van der Waals surface area (Å²) < 4.78 is 5.44. The average Bonchev–Trinajstić information content (AvgIpc) is 2.09. The van der Waals surface area contributed by atoms with Crippen molar-refractivity contribution >= 4 is 0 Å². The average molecular weight is 125 g/mol. The number of ether oxygens (including phenoxy) is 1. The Balaban J connectivity index is 2.15. The van der Waals surface area contributed by atoms with Gasteiger partial charge in [0.25, 0.3) is 0 Å². The molecule has 0 aromatic carbocycles. The van der Waals surface area contributed by atoms with E-state index < -0.39 is 0 Å². The second-order valence-electron chi connectivity index (χ2n) is 2.75. The zero-order valence-corrected chi connectivity index (χ0v) is 5.47. The third-order valence-corrected chi connectivity index (χ3v) is 2.03. The van der Waals surface area contributed by atoms with Crippen molar-refractivity contribution in [1.29, 1.82) is 0 Å². The molecule has 2 rings (SSSR count). The fourth-order valence-corrected chi connectivity index (χ4v) is 1.48. The van der Waals surface area contributed by atoms with Crippen LogP contribution in [0, 0.1) is 0 Å². The number of rotatable bonds is 0. The van der Waals surface area contributed by atoms with Crippen LogP contribution in [0.1, 0.15) is 0 Å². The summed E-state index contributed by atoms with van der Waals surface area (Å²) in [7, 11) is 0. The molecule has 2 unspecified atom stereocenters. The number of hydrogen-bond donors (Lipinski definition) is 0. The Morgan fingerprint density at radius 1 is 1.67 bits per heavy atom. The molecule has 2 bridgehead atoms. The lowest BCUT2D eigenvalue weighted by Gasteiger charge is -2.21. The number of morpholine rings is 1. The first kappa shape index (κ1) is 5.45. The van der Waals surface area contributed by atoms with Crippen molar-refractivity contribution in [2.45, 2.75) is 6.10 Å². The van der Waals surface area contributed by atoms with Gasteiger partial charge in [-0.25, -0.2) is 0 Å². The third kappa shape index (κ3) is 0.787. The summed E-state index contributed by atoms with van der Waals surface area (Å²) in [6.07, 6.45) is 0.360. The van der Waals surface area contributed by atoms with Crippen molar-refractivity contribution < 1.29 is 4.74 Å². The van der Waals surface area contributed by atoms with Gasteiger partial charge in [0, 0.05) is 19.6 Å². The summed E-state index contributed by atoms with van der Waals surface area (Å²) in [6.45, 7) is 8.06. The molecule has 0 aromatic rings. The van der Waals surface area contributed by atoms with Crippen LogP contribution in [0.25, 0.3) is 0 Å². The van der Waals surface area contributed by atoms with Crippen LogP contribution in [0.15, 0.2) is 12.2 Å².